The monoisotopic (exact) mass is 521 g/mol. The van der Waals surface area contributed by atoms with Gasteiger partial charge in [-0.05, 0) is 89.7 Å². The Morgan fingerprint density at radius 3 is 1.62 bits per heavy atom. The molecule has 0 spiro atoms. The van der Waals surface area contributed by atoms with Gasteiger partial charge < -0.3 is 5.73 Å². The Hall–Kier alpha value is -4.97. The number of nitrogens with two attached hydrogens (primary N) is 1. The molecule has 1 aliphatic rings. The third-order valence-electron chi connectivity index (χ3n) is 8.36. The van der Waals surface area contributed by atoms with E-state index >= 15 is 0 Å². The van der Waals surface area contributed by atoms with E-state index in [2.05, 4.69) is 72.3 Å². The van der Waals surface area contributed by atoms with Crippen LogP contribution in [0.1, 0.15) is 28.9 Å². The topological polar surface area (TPSA) is 94.6 Å². The maximum absolute atomic E-state index is 12.5. The van der Waals surface area contributed by atoms with Crippen molar-refractivity contribution >= 4 is 27.5 Å². The van der Waals surface area contributed by atoms with Crippen LogP contribution in [0.5, 0.6) is 0 Å². The van der Waals surface area contributed by atoms with E-state index in [0.717, 1.165) is 55.2 Å². The number of pyridine rings is 4. The largest absolute Gasteiger partial charge is 0.369 e. The van der Waals surface area contributed by atoms with E-state index in [1.165, 1.54) is 11.1 Å². The van der Waals surface area contributed by atoms with Crippen molar-refractivity contribution in [3.8, 4) is 22.3 Å². The highest BCUT2D eigenvalue weighted by molar-refractivity contribution is 5.91. The van der Waals surface area contributed by atoms with Gasteiger partial charge in [-0.1, -0.05) is 24.3 Å². The maximum Gasteiger partial charge on any atom is 0.221 e. The zero-order valence-corrected chi connectivity index (χ0v) is 22.3. The van der Waals surface area contributed by atoms with E-state index < -0.39 is 5.41 Å². The van der Waals surface area contributed by atoms with Gasteiger partial charge in [0.1, 0.15) is 0 Å². The van der Waals surface area contributed by atoms with Crippen molar-refractivity contribution in [1.82, 2.24) is 19.9 Å². The normalized spacial score (nSPS) is 15.8. The van der Waals surface area contributed by atoms with Gasteiger partial charge in [0.15, 0.2) is 0 Å². The Balaban J connectivity index is 1.30. The van der Waals surface area contributed by atoms with Gasteiger partial charge in [0, 0.05) is 59.1 Å². The molecule has 6 aromatic rings. The molecule has 0 aliphatic heterocycles. The van der Waals surface area contributed by atoms with E-state index in [4.69, 9.17) is 15.7 Å². The minimum atomic E-state index is -0.633. The first-order chi connectivity index (χ1) is 19.4. The van der Waals surface area contributed by atoms with Crippen molar-refractivity contribution in [3.05, 3.63) is 120 Å². The third kappa shape index (κ3) is 3.83. The van der Waals surface area contributed by atoms with Gasteiger partial charge in [0.05, 0.1) is 22.7 Å². The average molecular weight is 522 g/mol. The molecule has 0 saturated heterocycles. The van der Waals surface area contributed by atoms with E-state index in [1.54, 1.807) is 12.4 Å². The molecule has 6 nitrogen and oxygen atoms in total. The molecule has 7 rings (SSSR count). The number of aromatic nitrogens is 4. The summed E-state index contributed by atoms with van der Waals surface area (Å²) in [5, 5.41) is 4.17. The van der Waals surface area contributed by atoms with Crippen LogP contribution in [-0.4, -0.2) is 25.8 Å². The van der Waals surface area contributed by atoms with Crippen LogP contribution < -0.4 is 5.73 Å². The molecule has 2 aromatic carbocycles. The lowest BCUT2D eigenvalue weighted by Crippen LogP contribution is -2.24. The summed E-state index contributed by atoms with van der Waals surface area (Å²) < 4.78 is 0. The summed E-state index contributed by atoms with van der Waals surface area (Å²) in [5.74, 6) is -0.675. The maximum atomic E-state index is 12.5. The number of rotatable bonds is 5. The number of nitrogens with zero attached hydrogens (tertiary/aromatic N) is 4. The molecule has 40 heavy (non-hydrogen) atoms. The number of fused-ring (bicyclic) bond motifs is 2. The van der Waals surface area contributed by atoms with Gasteiger partial charge in [-0.15, -0.1) is 0 Å². The summed E-state index contributed by atoms with van der Waals surface area (Å²) in [6.07, 6.45) is 11.8. The van der Waals surface area contributed by atoms with Crippen LogP contribution in [0, 0.1) is 19.8 Å². The highest BCUT2D eigenvalue weighted by Crippen LogP contribution is 2.58. The number of hydrogen-bond donors (Lipinski definition) is 1. The molecule has 4 heterocycles. The summed E-state index contributed by atoms with van der Waals surface area (Å²) in [6, 6.07) is 20.9. The van der Waals surface area contributed by atoms with Crippen LogP contribution in [0.2, 0.25) is 0 Å². The fraction of sp³-hybridized carbons (Fsp3) is 0.147. The van der Waals surface area contributed by atoms with Crippen molar-refractivity contribution in [2.24, 2.45) is 11.7 Å². The van der Waals surface area contributed by atoms with Gasteiger partial charge in [-0.25, -0.2) is 0 Å². The Morgan fingerprint density at radius 1 is 0.700 bits per heavy atom. The molecule has 1 fully saturated rings. The number of aryl methyl sites for hydroxylation is 2. The van der Waals surface area contributed by atoms with Gasteiger partial charge in [-0.3, -0.25) is 24.7 Å². The fourth-order valence-corrected chi connectivity index (χ4v) is 5.94. The summed E-state index contributed by atoms with van der Waals surface area (Å²) in [4.78, 5) is 30.8. The van der Waals surface area contributed by atoms with Crippen LogP contribution in [0.3, 0.4) is 0 Å². The molecule has 0 radical (unpaired) electrons. The SMILES string of the molecule is Cc1ccncc1-c1ccc2cc(C3(c4cc5ccc(-c6cnccc6C)cc5cn4)CC3C(N)=O)ncc2c1. The van der Waals surface area contributed by atoms with E-state index in [-0.39, 0.29) is 11.8 Å². The molecule has 2 N–H and O–H groups in total. The second kappa shape index (κ2) is 9.06. The first-order valence-corrected chi connectivity index (χ1v) is 13.4. The molecule has 1 aliphatic carbocycles. The van der Waals surface area contributed by atoms with E-state index in [0.29, 0.717) is 6.42 Å². The van der Waals surface area contributed by atoms with Crippen molar-refractivity contribution in [2.75, 3.05) is 0 Å². The Bertz CT molecular complexity index is 1840. The summed E-state index contributed by atoms with van der Waals surface area (Å²) in [6.45, 7) is 4.17. The Labute approximate surface area is 232 Å². The predicted octanol–water partition coefficient (Wildman–Crippen LogP) is 6.32. The number of carbonyl (C=O) groups excluding carboxylic acids is 1. The van der Waals surface area contributed by atoms with Gasteiger partial charge >= 0.3 is 0 Å². The summed E-state index contributed by atoms with van der Waals surface area (Å²) in [7, 11) is 0. The molecule has 4 aromatic heterocycles. The zero-order valence-electron chi connectivity index (χ0n) is 22.3. The number of hydrogen-bond acceptors (Lipinski definition) is 5. The van der Waals surface area contributed by atoms with Crippen molar-refractivity contribution < 1.29 is 4.79 Å². The minimum absolute atomic E-state index is 0.325. The zero-order chi connectivity index (χ0) is 27.4. The molecule has 6 heteroatoms. The second-order valence-electron chi connectivity index (χ2n) is 10.8. The fourth-order valence-electron chi connectivity index (χ4n) is 5.94. The van der Waals surface area contributed by atoms with Crippen LogP contribution >= 0.6 is 0 Å². The first kappa shape index (κ1) is 24.1. The van der Waals surface area contributed by atoms with E-state index in [9.17, 15) is 4.79 Å². The summed E-state index contributed by atoms with van der Waals surface area (Å²) in [5.41, 5.74) is 13.6. The van der Waals surface area contributed by atoms with Gasteiger partial charge in [0.25, 0.3) is 0 Å². The molecule has 1 unspecified atom stereocenters. The molecular weight excluding hydrogens is 494 g/mol. The first-order valence-electron chi connectivity index (χ1n) is 13.4. The number of carbonyl (C=O) groups is 1. The summed E-state index contributed by atoms with van der Waals surface area (Å²) >= 11 is 0. The van der Waals surface area contributed by atoms with Crippen molar-refractivity contribution in [1.29, 1.82) is 0 Å². The van der Waals surface area contributed by atoms with Gasteiger partial charge in [-0.2, -0.15) is 0 Å². The quantitative estimate of drug-likeness (QED) is 0.287. The second-order valence-corrected chi connectivity index (χ2v) is 10.8. The lowest BCUT2D eigenvalue weighted by molar-refractivity contribution is -0.119. The molecule has 1 saturated carbocycles. The smallest absolute Gasteiger partial charge is 0.221 e. The predicted molar refractivity (Wildman–Crippen MR) is 158 cm³/mol. The highest BCUT2D eigenvalue weighted by atomic mass is 16.1. The van der Waals surface area contributed by atoms with Crippen LogP contribution in [-0.2, 0) is 10.2 Å². The molecule has 0 bridgehead atoms. The third-order valence-corrected chi connectivity index (χ3v) is 8.36. The molecular formula is C34H27N5O. The lowest BCUT2D eigenvalue weighted by Gasteiger charge is -2.18. The average Bonchev–Trinajstić information content (AvgIpc) is 3.74. The molecule has 1 atom stereocenters. The van der Waals surface area contributed by atoms with Gasteiger partial charge in [0.2, 0.25) is 5.91 Å². The standard InChI is InChI=1S/C34H27N5O/c1-20-7-9-36-18-28(20)24-5-3-22-13-31(38-16-26(22)11-24)34(15-30(34)33(35)40)32-14-23-4-6-25(12-27(23)17-39-32)29-19-37-10-8-21(29)2/h3-14,16-19,30H,15H2,1-2H3,(H2,35,40). The highest BCUT2D eigenvalue weighted by Gasteiger charge is 2.62. The van der Waals surface area contributed by atoms with Crippen molar-refractivity contribution in [2.45, 2.75) is 25.7 Å². The number of benzene rings is 2. The van der Waals surface area contributed by atoms with Crippen molar-refractivity contribution in [3.63, 3.8) is 0 Å². The lowest BCUT2D eigenvalue weighted by atomic mass is 9.90. The molecule has 194 valence electrons. The van der Waals surface area contributed by atoms with Crippen LogP contribution in [0.4, 0.5) is 0 Å². The minimum Gasteiger partial charge on any atom is -0.369 e. The number of amides is 1. The van der Waals surface area contributed by atoms with Crippen LogP contribution in [0.25, 0.3) is 43.8 Å². The molecule has 1 amide bonds. The number of primary amides is 1. The Morgan fingerprint density at radius 2 is 1.20 bits per heavy atom. The van der Waals surface area contributed by atoms with Crippen LogP contribution in [0.15, 0.2) is 97.8 Å². The Kier molecular flexibility index (Phi) is 5.46. The van der Waals surface area contributed by atoms with E-state index in [1.807, 2.05) is 36.9 Å².